The predicted molar refractivity (Wildman–Crippen MR) is 79.1 cm³/mol. The summed E-state index contributed by atoms with van der Waals surface area (Å²) < 4.78 is 16.9. The molecule has 20 heavy (non-hydrogen) atoms. The molecule has 2 rings (SSSR count). The van der Waals surface area contributed by atoms with E-state index in [-0.39, 0.29) is 5.56 Å². The average molecular weight is 290 g/mol. The molecule has 2 aromatic rings. The van der Waals surface area contributed by atoms with E-state index in [9.17, 15) is 9.35 Å². The highest BCUT2D eigenvalue weighted by Gasteiger charge is 2.11. The Hall–Kier alpha value is -2.05. The number of aromatic amines is 1. The zero-order valence-electron chi connectivity index (χ0n) is 11.1. The lowest BCUT2D eigenvalue weighted by Crippen LogP contribution is -2.05. The van der Waals surface area contributed by atoms with Gasteiger partial charge in [-0.1, -0.05) is 0 Å². The summed E-state index contributed by atoms with van der Waals surface area (Å²) in [4.78, 5) is 11.6. The Morgan fingerprint density at radius 3 is 2.70 bits per heavy atom. The van der Waals surface area contributed by atoms with Crippen LogP contribution in [0, 0.1) is 0 Å². The van der Waals surface area contributed by atoms with Crippen LogP contribution in [0.2, 0.25) is 0 Å². The third-order valence-electron chi connectivity index (χ3n) is 2.66. The Labute approximate surface area is 119 Å². The number of aromatic nitrogens is 2. The summed E-state index contributed by atoms with van der Waals surface area (Å²) in [6.45, 7) is 0. The molecule has 1 N–H and O–H groups in total. The zero-order chi connectivity index (χ0) is 14.5. The minimum atomic E-state index is -1.12. The van der Waals surface area contributed by atoms with Crippen LogP contribution in [-0.2, 0) is 11.2 Å². The molecule has 0 spiro atoms. The fourth-order valence-electron chi connectivity index (χ4n) is 1.65. The first-order valence-electron chi connectivity index (χ1n) is 5.85. The van der Waals surface area contributed by atoms with Crippen LogP contribution >= 0.6 is 0 Å². The lowest BCUT2D eigenvalue weighted by atomic mass is 10.2. The number of hydrogen-bond acceptors (Lipinski definition) is 4. The Balaban J connectivity index is 2.32. The minimum absolute atomic E-state index is 0.248. The number of hydrogen-bond donors (Lipinski definition) is 1. The van der Waals surface area contributed by atoms with Gasteiger partial charge < -0.3 is 9.29 Å². The number of nitrogens with one attached hydrogen (secondary N) is 1. The van der Waals surface area contributed by atoms with Crippen LogP contribution in [0.1, 0.15) is 11.3 Å². The maximum absolute atomic E-state index is 11.7. The molecule has 6 heteroatoms. The van der Waals surface area contributed by atoms with Gasteiger partial charge in [-0.3, -0.25) is 4.79 Å². The van der Waals surface area contributed by atoms with E-state index in [0.29, 0.717) is 16.3 Å². The van der Waals surface area contributed by atoms with Gasteiger partial charge in [0, 0.05) is 17.7 Å². The van der Waals surface area contributed by atoms with Gasteiger partial charge in [0.1, 0.15) is 12.0 Å². The molecular formula is C14H14N2O3S. The molecule has 5 nitrogen and oxygen atoms in total. The van der Waals surface area contributed by atoms with Crippen molar-refractivity contribution in [3.8, 4) is 5.75 Å². The number of ether oxygens (including phenoxy) is 1. The Morgan fingerprint density at radius 2 is 2.10 bits per heavy atom. The molecule has 1 aromatic carbocycles. The first kappa shape index (κ1) is 14.4. The van der Waals surface area contributed by atoms with E-state index in [1.165, 1.54) is 6.07 Å². The molecule has 0 aliphatic carbocycles. The Kier molecular flexibility index (Phi) is 4.60. The second-order valence-electron chi connectivity index (χ2n) is 4.04. The van der Waals surface area contributed by atoms with Gasteiger partial charge >= 0.3 is 0 Å². The first-order chi connectivity index (χ1) is 9.60. The number of methoxy groups -OCH3 is 1. The molecule has 0 amide bonds. The number of rotatable bonds is 4. The molecule has 0 radical (unpaired) electrons. The fraction of sp³-hybridized carbons (Fsp3) is 0.143. The lowest BCUT2D eigenvalue weighted by molar-refractivity contribution is 0.413. The van der Waals surface area contributed by atoms with Crippen molar-refractivity contribution in [2.45, 2.75) is 4.90 Å². The van der Waals surface area contributed by atoms with Gasteiger partial charge in [0.05, 0.1) is 12.8 Å². The van der Waals surface area contributed by atoms with E-state index in [4.69, 9.17) is 4.74 Å². The molecule has 1 aromatic heterocycles. The van der Waals surface area contributed by atoms with Crippen molar-refractivity contribution in [3.05, 3.63) is 51.9 Å². The number of H-pyrrole nitrogens is 1. The van der Waals surface area contributed by atoms with Crippen molar-refractivity contribution in [3.63, 3.8) is 0 Å². The van der Waals surface area contributed by atoms with E-state index in [1.807, 2.05) is 6.07 Å². The molecule has 0 fully saturated rings. The average Bonchev–Trinajstić information content (AvgIpc) is 2.46. The van der Waals surface area contributed by atoms with Crippen molar-refractivity contribution in [1.29, 1.82) is 0 Å². The highest BCUT2D eigenvalue weighted by atomic mass is 32.2. The van der Waals surface area contributed by atoms with E-state index >= 15 is 0 Å². The maximum Gasteiger partial charge on any atom is 0.264 e. The molecule has 104 valence electrons. The fourth-order valence-corrected chi connectivity index (χ4v) is 2.40. The minimum Gasteiger partial charge on any atom is -0.612 e. The molecule has 0 saturated carbocycles. The van der Waals surface area contributed by atoms with E-state index in [2.05, 4.69) is 10.2 Å². The van der Waals surface area contributed by atoms with E-state index in [1.54, 1.807) is 43.7 Å². The van der Waals surface area contributed by atoms with Crippen molar-refractivity contribution in [1.82, 2.24) is 10.2 Å². The molecule has 0 aliphatic heterocycles. The third-order valence-corrected chi connectivity index (χ3v) is 3.64. The molecule has 0 saturated heterocycles. The molecule has 1 atom stereocenters. The summed E-state index contributed by atoms with van der Waals surface area (Å²) in [5.41, 5.74) is 1.19. The van der Waals surface area contributed by atoms with Gasteiger partial charge in [-0.25, -0.2) is 5.10 Å². The monoisotopic (exact) mass is 290 g/mol. The lowest BCUT2D eigenvalue weighted by Gasteiger charge is -2.09. The van der Waals surface area contributed by atoms with Crippen molar-refractivity contribution >= 4 is 23.3 Å². The smallest absolute Gasteiger partial charge is 0.264 e. The van der Waals surface area contributed by atoms with Crippen LogP contribution in [0.5, 0.6) is 5.75 Å². The standard InChI is InChI=1S/C14H14N2O3S/c1-19-12-7-4-10(13(9-12)20(2)18)3-5-11-6-8-14(17)16-15-11/h3-9H,1-2H3,(H,16,17). The van der Waals surface area contributed by atoms with Crippen molar-refractivity contribution < 1.29 is 9.29 Å². The molecule has 0 aliphatic rings. The van der Waals surface area contributed by atoms with Crippen LogP contribution in [0.15, 0.2) is 40.0 Å². The molecule has 0 bridgehead atoms. The van der Waals surface area contributed by atoms with Gasteiger partial charge in [-0.15, -0.1) is 0 Å². The normalized spacial score (nSPS) is 12.6. The third kappa shape index (κ3) is 3.49. The summed E-state index contributed by atoms with van der Waals surface area (Å²) in [6.07, 6.45) is 5.16. The predicted octanol–water partition coefficient (Wildman–Crippen LogP) is 1.69. The summed E-state index contributed by atoms with van der Waals surface area (Å²) in [5, 5.41) is 6.23. The first-order valence-corrected chi connectivity index (χ1v) is 7.41. The molecule has 1 unspecified atom stereocenters. The number of nitrogens with zero attached hydrogens (tertiary/aromatic N) is 1. The second kappa shape index (κ2) is 6.40. The summed E-state index contributed by atoms with van der Waals surface area (Å²) in [7, 11) is 1.57. The van der Waals surface area contributed by atoms with Crippen LogP contribution in [0.3, 0.4) is 0 Å². The largest absolute Gasteiger partial charge is 0.612 e. The summed E-state index contributed by atoms with van der Waals surface area (Å²) >= 11 is -1.12. The van der Waals surface area contributed by atoms with Crippen LogP contribution in [0.4, 0.5) is 0 Å². The van der Waals surface area contributed by atoms with Gasteiger partial charge in [0.15, 0.2) is 4.90 Å². The zero-order valence-corrected chi connectivity index (χ0v) is 11.9. The summed E-state index contributed by atoms with van der Waals surface area (Å²) in [5.74, 6) is 0.662. The van der Waals surface area contributed by atoms with Crippen LogP contribution < -0.4 is 10.3 Å². The van der Waals surface area contributed by atoms with Crippen molar-refractivity contribution in [2.24, 2.45) is 0 Å². The van der Waals surface area contributed by atoms with E-state index < -0.39 is 11.2 Å². The van der Waals surface area contributed by atoms with Gasteiger partial charge in [-0.05, 0) is 41.5 Å². The SMILES string of the molecule is COc1ccc(C=Cc2ccc(=O)[nH]n2)c([S+](C)[O-])c1. The van der Waals surface area contributed by atoms with Crippen molar-refractivity contribution in [2.75, 3.05) is 13.4 Å². The van der Waals surface area contributed by atoms with Crippen LogP contribution in [-0.4, -0.2) is 28.1 Å². The highest BCUT2D eigenvalue weighted by molar-refractivity contribution is 7.90. The number of benzene rings is 1. The van der Waals surface area contributed by atoms with Crippen LogP contribution in [0.25, 0.3) is 12.2 Å². The van der Waals surface area contributed by atoms with Gasteiger partial charge in [-0.2, -0.15) is 5.10 Å². The topological polar surface area (TPSA) is 78.0 Å². The van der Waals surface area contributed by atoms with Gasteiger partial charge in [0.25, 0.3) is 5.56 Å². The maximum atomic E-state index is 11.7. The van der Waals surface area contributed by atoms with E-state index in [0.717, 1.165) is 5.56 Å². The molecular weight excluding hydrogens is 276 g/mol. The molecule has 1 heterocycles. The van der Waals surface area contributed by atoms with Gasteiger partial charge in [0.2, 0.25) is 0 Å². The summed E-state index contributed by atoms with van der Waals surface area (Å²) in [6, 6.07) is 8.39. The quantitative estimate of drug-likeness (QED) is 0.869. The second-order valence-corrected chi connectivity index (χ2v) is 5.39. The Bertz CT molecular complexity index is 660. The highest BCUT2D eigenvalue weighted by Crippen LogP contribution is 2.23. The Morgan fingerprint density at radius 1 is 1.30 bits per heavy atom.